The smallest absolute Gasteiger partial charge is 0.278 e. The van der Waals surface area contributed by atoms with Crippen molar-refractivity contribution in [3.63, 3.8) is 0 Å². The summed E-state index contributed by atoms with van der Waals surface area (Å²) < 4.78 is 0. The Bertz CT molecular complexity index is 1320. The van der Waals surface area contributed by atoms with E-state index in [-0.39, 0.29) is 41.6 Å². The number of aromatic amines is 1. The van der Waals surface area contributed by atoms with E-state index in [0.29, 0.717) is 41.7 Å². The number of nitrogens with zero attached hydrogens (tertiary/aromatic N) is 4. The second kappa shape index (κ2) is 19.2. The quantitative estimate of drug-likeness (QED) is 0.149. The van der Waals surface area contributed by atoms with E-state index < -0.39 is 11.4 Å². The van der Waals surface area contributed by atoms with Crippen molar-refractivity contribution in [1.29, 1.82) is 0 Å². The minimum Gasteiger partial charge on any atom is -0.494 e. The number of carbonyl (C=O) groups excluding carboxylic acids is 2. The van der Waals surface area contributed by atoms with Gasteiger partial charge >= 0.3 is 0 Å². The minimum atomic E-state index is -0.649. The molecule has 0 bridgehead atoms. The lowest BCUT2D eigenvalue weighted by Gasteiger charge is -2.31. The van der Waals surface area contributed by atoms with Crippen LogP contribution in [-0.2, 0) is 6.42 Å². The molecule has 0 saturated carbocycles. The van der Waals surface area contributed by atoms with E-state index >= 15 is 0 Å². The normalized spacial score (nSPS) is 13.0. The van der Waals surface area contributed by atoms with Crippen molar-refractivity contribution in [2.45, 2.75) is 132 Å². The molecule has 46 heavy (non-hydrogen) atoms. The summed E-state index contributed by atoms with van der Waals surface area (Å²) in [6, 6.07) is 6.85. The molecule has 2 atom stereocenters. The first kappa shape index (κ1) is 38.7. The highest BCUT2D eigenvalue weighted by atomic mass is 16.3. The number of pyridine rings is 1. The van der Waals surface area contributed by atoms with Gasteiger partial charge in [-0.25, -0.2) is 0 Å². The molecule has 0 saturated heterocycles. The third kappa shape index (κ3) is 10.3. The Labute approximate surface area is 276 Å². The summed E-state index contributed by atoms with van der Waals surface area (Å²) in [4.78, 5) is 47.1. The zero-order valence-corrected chi connectivity index (χ0v) is 29.9. The van der Waals surface area contributed by atoms with Gasteiger partial charge in [0.2, 0.25) is 5.88 Å². The lowest BCUT2D eigenvalue weighted by atomic mass is 9.95. The fourth-order valence-corrected chi connectivity index (χ4v) is 6.22. The summed E-state index contributed by atoms with van der Waals surface area (Å²) in [5.74, 6) is -0.131. The zero-order valence-electron chi connectivity index (χ0n) is 29.9. The van der Waals surface area contributed by atoms with E-state index in [0.717, 1.165) is 51.4 Å². The van der Waals surface area contributed by atoms with Crippen LogP contribution >= 0.6 is 0 Å². The number of azo groups is 1. The topological polar surface area (TPSA) is 118 Å². The highest BCUT2D eigenvalue weighted by Crippen LogP contribution is 2.31. The van der Waals surface area contributed by atoms with Crippen LogP contribution in [0.5, 0.6) is 5.88 Å². The lowest BCUT2D eigenvalue weighted by Crippen LogP contribution is -2.42. The molecule has 2 amide bonds. The van der Waals surface area contributed by atoms with Gasteiger partial charge in [-0.15, -0.1) is 10.2 Å². The molecule has 2 N–H and O–H groups in total. The Morgan fingerprint density at radius 3 is 1.85 bits per heavy atom. The third-order valence-corrected chi connectivity index (χ3v) is 8.91. The van der Waals surface area contributed by atoms with Crippen molar-refractivity contribution in [3.8, 4) is 5.88 Å². The Morgan fingerprint density at radius 2 is 1.37 bits per heavy atom. The Hall–Kier alpha value is -3.49. The molecule has 1 heterocycles. The van der Waals surface area contributed by atoms with Crippen LogP contribution in [0.2, 0.25) is 0 Å². The largest absolute Gasteiger partial charge is 0.494 e. The maximum atomic E-state index is 14.3. The van der Waals surface area contributed by atoms with E-state index in [1.807, 2.05) is 38.7 Å². The average molecular weight is 638 g/mol. The Kier molecular flexibility index (Phi) is 16.2. The van der Waals surface area contributed by atoms with Crippen molar-refractivity contribution in [2.75, 3.05) is 13.1 Å². The standard InChI is InChI=1S/C37H59N5O4/c1-10-15-19-27(12-3)23-41(24-28(13-4)20-16-11-2)36(45)30-21-17-18-22-31(30)39-40-33-29(14-5)32(34(43)38-35(33)44)37(46)42(25(6)7)26(8)9/h17-18,21-22,25-28H,10-16,19-20,23-24H2,1-9H3,(H2,38,43,44). The van der Waals surface area contributed by atoms with E-state index in [4.69, 9.17) is 0 Å². The Morgan fingerprint density at radius 1 is 0.826 bits per heavy atom. The molecular formula is C37H59N5O4. The molecule has 256 valence electrons. The third-order valence-electron chi connectivity index (χ3n) is 8.91. The molecule has 2 rings (SSSR count). The van der Waals surface area contributed by atoms with Crippen LogP contribution in [0.15, 0.2) is 39.3 Å². The Balaban J connectivity index is 2.60. The molecule has 0 aliphatic heterocycles. The predicted octanol–water partition coefficient (Wildman–Crippen LogP) is 9.19. The van der Waals surface area contributed by atoms with E-state index in [1.165, 1.54) is 0 Å². The van der Waals surface area contributed by atoms with Crippen molar-refractivity contribution >= 4 is 23.2 Å². The molecule has 9 heteroatoms. The monoisotopic (exact) mass is 637 g/mol. The molecule has 1 aromatic heterocycles. The number of amides is 2. The number of hydrogen-bond acceptors (Lipinski definition) is 6. The number of carbonyl (C=O) groups is 2. The SMILES string of the molecule is CCCCC(CC)CN(CC(CC)CCCC)C(=O)c1ccccc1N=Nc1c(CC)c(C(=O)N(C(C)C)C(C)C)c(O)[nH]c1=O. The number of aromatic hydroxyl groups is 1. The van der Waals surface area contributed by atoms with Gasteiger partial charge in [0.25, 0.3) is 17.4 Å². The minimum absolute atomic E-state index is 0.0179. The van der Waals surface area contributed by atoms with E-state index in [2.05, 4.69) is 42.9 Å². The number of benzene rings is 1. The molecule has 0 aliphatic rings. The van der Waals surface area contributed by atoms with Crippen LogP contribution in [0.3, 0.4) is 0 Å². The summed E-state index contributed by atoms with van der Waals surface area (Å²) in [5.41, 5.74) is 0.418. The highest BCUT2D eigenvalue weighted by molar-refractivity contribution is 6.00. The molecule has 0 aliphatic carbocycles. The summed E-state index contributed by atoms with van der Waals surface area (Å²) in [6.45, 7) is 19.6. The van der Waals surface area contributed by atoms with Gasteiger partial charge in [-0.05, 0) is 70.9 Å². The average Bonchev–Trinajstić information content (AvgIpc) is 3.02. The van der Waals surface area contributed by atoms with Crippen LogP contribution in [0.4, 0.5) is 11.4 Å². The van der Waals surface area contributed by atoms with Crippen LogP contribution < -0.4 is 5.56 Å². The molecule has 0 fully saturated rings. The van der Waals surface area contributed by atoms with Gasteiger partial charge in [-0.1, -0.05) is 85.3 Å². The van der Waals surface area contributed by atoms with Gasteiger partial charge in [0.15, 0.2) is 5.69 Å². The first-order valence-electron chi connectivity index (χ1n) is 17.6. The number of aromatic nitrogens is 1. The zero-order chi connectivity index (χ0) is 34.4. The predicted molar refractivity (Wildman–Crippen MR) is 188 cm³/mol. The maximum Gasteiger partial charge on any atom is 0.278 e. The maximum absolute atomic E-state index is 14.3. The molecule has 2 aromatic rings. The number of unbranched alkanes of at least 4 members (excludes halogenated alkanes) is 2. The van der Waals surface area contributed by atoms with Crippen molar-refractivity contribution in [1.82, 2.24) is 14.8 Å². The second-order valence-corrected chi connectivity index (χ2v) is 13.0. The molecule has 9 nitrogen and oxygen atoms in total. The van der Waals surface area contributed by atoms with Gasteiger partial charge < -0.3 is 14.9 Å². The number of nitrogens with one attached hydrogen (secondary N) is 1. The number of rotatable bonds is 19. The molecule has 1 aromatic carbocycles. The van der Waals surface area contributed by atoms with E-state index in [1.54, 1.807) is 30.0 Å². The molecule has 2 unspecified atom stereocenters. The van der Waals surface area contributed by atoms with Gasteiger partial charge in [-0.2, -0.15) is 0 Å². The van der Waals surface area contributed by atoms with Crippen LogP contribution in [0.1, 0.15) is 140 Å². The van der Waals surface area contributed by atoms with Crippen molar-refractivity contribution < 1.29 is 14.7 Å². The van der Waals surface area contributed by atoms with Crippen molar-refractivity contribution in [3.05, 3.63) is 51.3 Å². The lowest BCUT2D eigenvalue weighted by molar-refractivity contribution is 0.0637. The number of H-pyrrole nitrogens is 1. The van der Waals surface area contributed by atoms with Crippen LogP contribution in [-0.4, -0.2) is 56.9 Å². The van der Waals surface area contributed by atoms with Gasteiger partial charge in [0.05, 0.1) is 11.3 Å². The van der Waals surface area contributed by atoms with Gasteiger partial charge in [-0.3, -0.25) is 19.4 Å². The fourth-order valence-electron chi connectivity index (χ4n) is 6.22. The van der Waals surface area contributed by atoms with Crippen LogP contribution in [0.25, 0.3) is 0 Å². The second-order valence-electron chi connectivity index (χ2n) is 13.0. The van der Waals surface area contributed by atoms with Gasteiger partial charge in [0.1, 0.15) is 5.56 Å². The van der Waals surface area contributed by atoms with Gasteiger partial charge in [0, 0.05) is 30.7 Å². The first-order chi connectivity index (χ1) is 21.9. The number of hydrogen-bond donors (Lipinski definition) is 2. The summed E-state index contributed by atoms with van der Waals surface area (Å²) in [5, 5.41) is 19.5. The van der Waals surface area contributed by atoms with E-state index in [9.17, 15) is 19.5 Å². The molecular weight excluding hydrogens is 578 g/mol. The molecule has 0 radical (unpaired) electrons. The highest BCUT2D eigenvalue weighted by Gasteiger charge is 2.29. The fraction of sp³-hybridized carbons (Fsp3) is 0.649. The van der Waals surface area contributed by atoms with Crippen LogP contribution in [0, 0.1) is 11.8 Å². The first-order valence-corrected chi connectivity index (χ1v) is 17.6. The summed E-state index contributed by atoms with van der Waals surface area (Å²) in [7, 11) is 0. The summed E-state index contributed by atoms with van der Waals surface area (Å²) >= 11 is 0. The molecule has 0 spiro atoms. The summed E-state index contributed by atoms with van der Waals surface area (Å²) in [6.07, 6.45) is 8.97. The van der Waals surface area contributed by atoms with Crippen molar-refractivity contribution in [2.24, 2.45) is 22.1 Å².